The van der Waals surface area contributed by atoms with E-state index < -0.39 is 0 Å². The van der Waals surface area contributed by atoms with Gasteiger partial charge in [-0.3, -0.25) is 0 Å². The van der Waals surface area contributed by atoms with Gasteiger partial charge in [-0.05, 0) is 43.4 Å². The fourth-order valence-corrected chi connectivity index (χ4v) is 3.73. The Balaban J connectivity index is 1.67. The summed E-state index contributed by atoms with van der Waals surface area (Å²) in [5, 5.41) is 5.32. The summed E-state index contributed by atoms with van der Waals surface area (Å²) in [7, 11) is 0. The Morgan fingerprint density at radius 1 is 1.19 bits per heavy atom. The van der Waals surface area contributed by atoms with Crippen LogP contribution in [0.1, 0.15) is 51.0 Å². The Labute approximate surface area is 131 Å². The molecule has 1 fully saturated rings. The summed E-state index contributed by atoms with van der Waals surface area (Å²) < 4.78 is 5.62. The zero-order chi connectivity index (χ0) is 14.7. The highest BCUT2D eigenvalue weighted by molar-refractivity contribution is 6.30. The van der Waals surface area contributed by atoms with Crippen molar-refractivity contribution in [1.29, 1.82) is 0 Å². The smallest absolute Gasteiger partial charge is 0.199 e. The number of nitrogens with one attached hydrogen (secondary N) is 1. The molecule has 3 rings (SSSR count). The monoisotopic (exact) mass is 305 g/mol. The van der Waals surface area contributed by atoms with Crippen molar-refractivity contribution >= 4 is 22.6 Å². The number of halogens is 1. The molecule has 1 aliphatic carbocycles. The molecule has 1 N–H and O–H groups in total. The van der Waals surface area contributed by atoms with E-state index in [1.807, 2.05) is 18.2 Å². The van der Waals surface area contributed by atoms with Crippen LogP contribution in [0.5, 0.6) is 0 Å². The van der Waals surface area contributed by atoms with Gasteiger partial charge >= 0.3 is 0 Å². The van der Waals surface area contributed by atoms with E-state index in [1.165, 1.54) is 38.5 Å². The molecule has 1 aromatic heterocycles. The van der Waals surface area contributed by atoms with E-state index in [1.54, 1.807) is 0 Å². The van der Waals surface area contributed by atoms with Gasteiger partial charge in [0, 0.05) is 23.5 Å². The van der Waals surface area contributed by atoms with Crippen molar-refractivity contribution in [3.05, 3.63) is 35.0 Å². The zero-order valence-electron chi connectivity index (χ0n) is 12.7. The summed E-state index contributed by atoms with van der Waals surface area (Å²) in [6, 6.07) is 8.60. The fourth-order valence-electron chi connectivity index (χ4n) is 3.47. The van der Waals surface area contributed by atoms with Gasteiger partial charge in [-0.15, -0.1) is 0 Å². The molecule has 0 spiro atoms. The summed E-state index contributed by atoms with van der Waals surface area (Å²) in [5.41, 5.74) is 1.97. The summed E-state index contributed by atoms with van der Waals surface area (Å²) in [6.07, 6.45) is 8.28. The van der Waals surface area contributed by atoms with Crippen LogP contribution in [-0.2, 0) is 6.54 Å². The third-order valence-corrected chi connectivity index (χ3v) is 5.16. The van der Waals surface area contributed by atoms with Gasteiger partial charge in [0.25, 0.3) is 0 Å². The lowest BCUT2D eigenvalue weighted by Crippen LogP contribution is -2.32. The van der Waals surface area contributed by atoms with E-state index in [0.717, 1.165) is 29.0 Å². The molecular weight excluding hydrogens is 282 g/mol. The highest BCUT2D eigenvalue weighted by Crippen LogP contribution is 2.30. The van der Waals surface area contributed by atoms with Crippen molar-refractivity contribution < 1.29 is 4.42 Å². The maximum atomic E-state index is 6.26. The molecule has 2 aromatic rings. The molecule has 0 amide bonds. The SMILES string of the molecule is C[C@@H](NCc1c(Cl)oc2ccccc12)C1CCCCCC1. The van der Waals surface area contributed by atoms with Crippen LogP contribution in [0.25, 0.3) is 11.0 Å². The number of para-hydroxylation sites is 1. The Morgan fingerprint density at radius 3 is 2.67 bits per heavy atom. The lowest BCUT2D eigenvalue weighted by molar-refractivity contribution is 0.336. The highest BCUT2D eigenvalue weighted by Gasteiger charge is 2.20. The van der Waals surface area contributed by atoms with E-state index in [0.29, 0.717) is 11.3 Å². The molecule has 114 valence electrons. The molecule has 1 heterocycles. The summed E-state index contributed by atoms with van der Waals surface area (Å²) in [4.78, 5) is 0. The summed E-state index contributed by atoms with van der Waals surface area (Å²) in [6.45, 7) is 3.10. The third-order valence-electron chi connectivity index (χ3n) is 4.86. The van der Waals surface area contributed by atoms with Gasteiger partial charge in [0.1, 0.15) is 5.58 Å². The minimum absolute atomic E-state index is 0.525. The van der Waals surface area contributed by atoms with Gasteiger partial charge in [0.15, 0.2) is 5.22 Å². The van der Waals surface area contributed by atoms with Gasteiger partial charge in [0.05, 0.1) is 0 Å². The molecule has 0 saturated heterocycles. The molecular formula is C18H24ClNO. The van der Waals surface area contributed by atoms with Crippen molar-refractivity contribution in [3.8, 4) is 0 Å². The molecule has 21 heavy (non-hydrogen) atoms. The van der Waals surface area contributed by atoms with Crippen LogP contribution in [0.4, 0.5) is 0 Å². The Hall–Kier alpha value is -0.990. The Bertz CT molecular complexity index is 584. The van der Waals surface area contributed by atoms with Gasteiger partial charge < -0.3 is 9.73 Å². The van der Waals surface area contributed by atoms with E-state index in [-0.39, 0.29) is 0 Å². The number of hydrogen-bond acceptors (Lipinski definition) is 2. The van der Waals surface area contributed by atoms with Gasteiger partial charge in [0.2, 0.25) is 0 Å². The minimum atomic E-state index is 0.525. The first-order chi connectivity index (χ1) is 10.3. The zero-order valence-corrected chi connectivity index (χ0v) is 13.5. The van der Waals surface area contributed by atoms with Crippen molar-refractivity contribution in [2.24, 2.45) is 5.92 Å². The molecule has 0 aliphatic heterocycles. The minimum Gasteiger partial charge on any atom is -0.444 e. The standard InChI is InChI=1S/C18H24ClNO/c1-13(14-8-4-2-3-5-9-14)20-12-16-15-10-6-7-11-17(15)21-18(16)19/h6-7,10-11,13-14,20H,2-5,8-9,12H2,1H3/t13-/m1/s1. The largest absolute Gasteiger partial charge is 0.444 e. The normalized spacial score (nSPS) is 18.8. The topological polar surface area (TPSA) is 25.2 Å². The highest BCUT2D eigenvalue weighted by atomic mass is 35.5. The molecule has 0 radical (unpaired) electrons. The quantitative estimate of drug-likeness (QED) is 0.751. The van der Waals surface area contributed by atoms with E-state index in [4.69, 9.17) is 16.0 Å². The number of furan rings is 1. The lowest BCUT2D eigenvalue weighted by atomic mass is 9.93. The molecule has 1 aliphatic rings. The van der Waals surface area contributed by atoms with Gasteiger partial charge in [-0.25, -0.2) is 0 Å². The molecule has 1 saturated carbocycles. The molecule has 0 unspecified atom stereocenters. The van der Waals surface area contributed by atoms with Crippen LogP contribution in [0.2, 0.25) is 5.22 Å². The van der Waals surface area contributed by atoms with Crippen LogP contribution in [0.15, 0.2) is 28.7 Å². The second-order valence-electron chi connectivity index (χ2n) is 6.27. The third kappa shape index (κ3) is 3.44. The fraction of sp³-hybridized carbons (Fsp3) is 0.556. The first-order valence-electron chi connectivity index (χ1n) is 8.15. The first kappa shape index (κ1) is 14.9. The molecule has 2 nitrogen and oxygen atoms in total. The van der Waals surface area contributed by atoms with Crippen LogP contribution in [0, 0.1) is 5.92 Å². The second-order valence-corrected chi connectivity index (χ2v) is 6.61. The summed E-state index contributed by atoms with van der Waals surface area (Å²) >= 11 is 6.26. The van der Waals surface area contributed by atoms with Gasteiger partial charge in [-0.2, -0.15) is 0 Å². The predicted octanol–water partition coefficient (Wildman–Crippen LogP) is 5.53. The number of rotatable bonds is 4. The lowest BCUT2D eigenvalue weighted by Gasteiger charge is -2.23. The van der Waals surface area contributed by atoms with Crippen LogP contribution >= 0.6 is 11.6 Å². The number of benzene rings is 1. The van der Waals surface area contributed by atoms with E-state index in [2.05, 4.69) is 18.3 Å². The predicted molar refractivity (Wildman–Crippen MR) is 88.7 cm³/mol. The molecule has 1 atom stereocenters. The van der Waals surface area contributed by atoms with Crippen LogP contribution in [-0.4, -0.2) is 6.04 Å². The summed E-state index contributed by atoms with van der Waals surface area (Å²) in [5.74, 6) is 0.796. The molecule has 1 aromatic carbocycles. The average molecular weight is 306 g/mol. The second kappa shape index (κ2) is 6.85. The van der Waals surface area contributed by atoms with E-state index in [9.17, 15) is 0 Å². The van der Waals surface area contributed by atoms with Crippen molar-refractivity contribution in [2.75, 3.05) is 0 Å². The van der Waals surface area contributed by atoms with Crippen LogP contribution < -0.4 is 5.32 Å². The maximum absolute atomic E-state index is 6.26. The van der Waals surface area contributed by atoms with Crippen molar-refractivity contribution in [3.63, 3.8) is 0 Å². The maximum Gasteiger partial charge on any atom is 0.199 e. The Morgan fingerprint density at radius 2 is 1.90 bits per heavy atom. The first-order valence-corrected chi connectivity index (χ1v) is 8.53. The van der Waals surface area contributed by atoms with Gasteiger partial charge in [-0.1, -0.05) is 43.9 Å². The molecule has 0 bridgehead atoms. The van der Waals surface area contributed by atoms with Crippen molar-refractivity contribution in [1.82, 2.24) is 5.32 Å². The average Bonchev–Trinajstić information content (AvgIpc) is 2.68. The van der Waals surface area contributed by atoms with E-state index >= 15 is 0 Å². The Kier molecular flexibility index (Phi) is 4.87. The molecule has 3 heteroatoms. The van der Waals surface area contributed by atoms with Crippen LogP contribution in [0.3, 0.4) is 0 Å². The van der Waals surface area contributed by atoms with Crippen molar-refractivity contribution in [2.45, 2.75) is 58.0 Å². The number of fused-ring (bicyclic) bond motifs is 1. The number of hydrogen-bond donors (Lipinski definition) is 1.